The lowest BCUT2D eigenvalue weighted by atomic mass is 9.48. The predicted molar refractivity (Wildman–Crippen MR) is 96.9 cm³/mol. The number of hydrogen-bond donors (Lipinski definition) is 0. The second-order valence-corrected chi connectivity index (χ2v) is 9.60. The van der Waals surface area contributed by atoms with Crippen LogP contribution in [-0.2, 0) is 9.53 Å². The standard InChI is InChI=1S/C21H31ClO2/c1-20-9-3-4-17(20)16-6-5-14-12-15(24-19(23)13-22)7-11-21(14,2)18(16)8-10-20/h5,15-18H,3-4,6-13H2,1-2H3/t15-,16-,17-,18-,20-,21+/m1/s1. The van der Waals surface area contributed by atoms with E-state index in [1.54, 1.807) is 5.57 Å². The fourth-order valence-corrected chi connectivity index (χ4v) is 7.00. The second kappa shape index (κ2) is 6.04. The van der Waals surface area contributed by atoms with E-state index in [-0.39, 0.29) is 18.0 Å². The van der Waals surface area contributed by atoms with Crippen LogP contribution >= 0.6 is 11.6 Å². The van der Waals surface area contributed by atoms with E-state index in [0.29, 0.717) is 10.8 Å². The minimum atomic E-state index is -0.265. The summed E-state index contributed by atoms with van der Waals surface area (Å²) >= 11 is 5.60. The van der Waals surface area contributed by atoms with Crippen molar-refractivity contribution in [2.45, 2.75) is 77.7 Å². The van der Waals surface area contributed by atoms with E-state index in [1.807, 2.05) is 0 Å². The topological polar surface area (TPSA) is 26.3 Å². The maximum atomic E-state index is 11.5. The molecule has 3 heteroatoms. The van der Waals surface area contributed by atoms with Gasteiger partial charge in [-0.25, -0.2) is 0 Å². The molecule has 0 aromatic rings. The van der Waals surface area contributed by atoms with E-state index >= 15 is 0 Å². The Bertz CT molecular complexity index is 556. The molecule has 4 rings (SSSR count). The summed E-state index contributed by atoms with van der Waals surface area (Å²) in [6, 6.07) is 0. The summed E-state index contributed by atoms with van der Waals surface area (Å²) in [5.74, 6) is 2.38. The van der Waals surface area contributed by atoms with E-state index in [4.69, 9.17) is 16.3 Å². The summed E-state index contributed by atoms with van der Waals surface area (Å²) in [6.45, 7) is 5.07. The van der Waals surface area contributed by atoms with Crippen LogP contribution in [0.4, 0.5) is 0 Å². The average Bonchev–Trinajstić information content (AvgIpc) is 2.97. The van der Waals surface area contributed by atoms with Gasteiger partial charge in [0.15, 0.2) is 0 Å². The molecule has 3 saturated carbocycles. The van der Waals surface area contributed by atoms with Crippen LogP contribution in [0.25, 0.3) is 0 Å². The van der Waals surface area contributed by atoms with Gasteiger partial charge in [-0.15, -0.1) is 11.6 Å². The number of carbonyl (C=O) groups is 1. The summed E-state index contributed by atoms with van der Waals surface area (Å²) in [7, 11) is 0. The Morgan fingerprint density at radius 3 is 2.83 bits per heavy atom. The number of alkyl halides is 1. The van der Waals surface area contributed by atoms with Crippen molar-refractivity contribution in [3.05, 3.63) is 11.6 Å². The van der Waals surface area contributed by atoms with Crippen LogP contribution in [0.1, 0.15) is 71.6 Å². The Balaban J connectivity index is 1.55. The quantitative estimate of drug-likeness (QED) is 0.374. The molecule has 0 spiro atoms. The molecule has 0 aliphatic heterocycles. The van der Waals surface area contributed by atoms with Crippen LogP contribution in [0, 0.1) is 28.6 Å². The van der Waals surface area contributed by atoms with Gasteiger partial charge >= 0.3 is 5.97 Å². The predicted octanol–water partition coefficient (Wildman–Crippen LogP) is 5.49. The van der Waals surface area contributed by atoms with Gasteiger partial charge in [0.25, 0.3) is 0 Å². The van der Waals surface area contributed by atoms with E-state index < -0.39 is 0 Å². The molecule has 0 amide bonds. The molecule has 134 valence electrons. The lowest BCUT2D eigenvalue weighted by Gasteiger charge is -2.57. The zero-order chi connectivity index (χ0) is 16.9. The maximum Gasteiger partial charge on any atom is 0.321 e. The Hall–Kier alpha value is -0.500. The van der Waals surface area contributed by atoms with Gasteiger partial charge in [0.1, 0.15) is 12.0 Å². The largest absolute Gasteiger partial charge is 0.461 e. The molecule has 3 fully saturated rings. The fraction of sp³-hybridized carbons (Fsp3) is 0.857. The van der Waals surface area contributed by atoms with Crippen LogP contribution in [0.15, 0.2) is 11.6 Å². The van der Waals surface area contributed by atoms with Crippen molar-refractivity contribution < 1.29 is 9.53 Å². The van der Waals surface area contributed by atoms with Gasteiger partial charge in [-0.2, -0.15) is 0 Å². The lowest BCUT2D eigenvalue weighted by molar-refractivity contribution is -0.148. The van der Waals surface area contributed by atoms with Crippen molar-refractivity contribution in [3.63, 3.8) is 0 Å². The van der Waals surface area contributed by atoms with E-state index in [2.05, 4.69) is 19.9 Å². The first kappa shape index (κ1) is 16.9. The lowest BCUT2D eigenvalue weighted by Crippen LogP contribution is -2.49. The third-order valence-electron chi connectivity index (χ3n) is 8.25. The molecule has 6 atom stereocenters. The second-order valence-electron chi connectivity index (χ2n) is 9.33. The molecule has 0 saturated heterocycles. The van der Waals surface area contributed by atoms with Gasteiger partial charge in [0.2, 0.25) is 0 Å². The first-order chi connectivity index (χ1) is 11.5. The summed E-state index contributed by atoms with van der Waals surface area (Å²) in [5, 5.41) is 0. The molecule has 24 heavy (non-hydrogen) atoms. The number of hydrogen-bond acceptors (Lipinski definition) is 2. The summed E-state index contributed by atoms with van der Waals surface area (Å²) in [5.41, 5.74) is 2.54. The van der Waals surface area contributed by atoms with Gasteiger partial charge in [0.05, 0.1) is 0 Å². The molecule has 0 aromatic heterocycles. The third kappa shape index (κ3) is 2.55. The minimum Gasteiger partial charge on any atom is -0.461 e. The Morgan fingerprint density at radius 2 is 2.04 bits per heavy atom. The molecular weight excluding hydrogens is 320 g/mol. The Labute approximate surface area is 151 Å². The van der Waals surface area contributed by atoms with Crippen LogP contribution in [0.3, 0.4) is 0 Å². The zero-order valence-corrected chi connectivity index (χ0v) is 15.9. The summed E-state index contributed by atoms with van der Waals surface area (Å²) in [4.78, 5) is 11.5. The van der Waals surface area contributed by atoms with Gasteiger partial charge in [-0.1, -0.05) is 31.9 Å². The summed E-state index contributed by atoms with van der Waals surface area (Å²) in [6.07, 6.45) is 14.1. The molecule has 4 aliphatic rings. The smallest absolute Gasteiger partial charge is 0.321 e. The van der Waals surface area contributed by atoms with Crippen molar-refractivity contribution in [3.8, 4) is 0 Å². The van der Waals surface area contributed by atoms with Crippen molar-refractivity contribution >= 4 is 17.6 Å². The normalized spacial score (nSPS) is 47.2. The molecule has 0 heterocycles. The van der Waals surface area contributed by atoms with Crippen molar-refractivity contribution in [2.24, 2.45) is 28.6 Å². The van der Waals surface area contributed by atoms with Crippen LogP contribution in [0.2, 0.25) is 0 Å². The molecule has 0 bridgehead atoms. The number of esters is 1. The number of fused-ring (bicyclic) bond motifs is 5. The van der Waals surface area contributed by atoms with Crippen molar-refractivity contribution in [2.75, 3.05) is 5.88 Å². The van der Waals surface area contributed by atoms with Gasteiger partial charge < -0.3 is 4.74 Å². The van der Waals surface area contributed by atoms with E-state index in [9.17, 15) is 4.79 Å². The van der Waals surface area contributed by atoms with E-state index in [1.165, 1.54) is 44.9 Å². The molecule has 0 unspecified atom stereocenters. The highest BCUT2D eigenvalue weighted by Gasteiger charge is 2.55. The maximum absolute atomic E-state index is 11.5. The highest BCUT2D eigenvalue weighted by atomic mass is 35.5. The minimum absolute atomic E-state index is 0.0300. The zero-order valence-electron chi connectivity index (χ0n) is 15.2. The first-order valence-electron chi connectivity index (χ1n) is 9.91. The molecule has 0 aromatic carbocycles. The molecular formula is C21H31ClO2. The van der Waals surface area contributed by atoms with Gasteiger partial charge in [0, 0.05) is 6.42 Å². The SMILES string of the molecule is C[C@]12CCC[C@@H]1[C@H]1CC=C3C[C@H](OC(=O)CCl)CC[C@]3(C)[C@@H]1CC2. The van der Waals surface area contributed by atoms with Gasteiger partial charge in [-0.05, 0) is 73.5 Å². The molecule has 2 nitrogen and oxygen atoms in total. The number of allylic oxidation sites excluding steroid dienone is 1. The van der Waals surface area contributed by atoms with Crippen LogP contribution in [-0.4, -0.2) is 18.0 Å². The average molecular weight is 351 g/mol. The van der Waals surface area contributed by atoms with Crippen molar-refractivity contribution in [1.82, 2.24) is 0 Å². The highest BCUT2D eigenvalue weighted by Crippen LogP contribution is 2.64. The Kier molecular flexibility index (Phi) is 4.26. The molecule has 0 radical (unpaired) electrons. The number of rotatable bonds is 2. The number of carbonyl (C=O) groups excluding carboxylic acids is 1. The van der Waals surface area contributed by atoms with Crippen molar-refractivity contribution in [1.29, 1.82) is 0 Å². The monoisotopic (exact) mass is 350 g/mol. The molecule has 4 aliphatic carbocycles. The fourth-order valence-electron chi connectivity index (χ4n) is 6.94. The summed E-state index contributed by atoms with van der Waals surface area (Å²) < 4.78 is 5.54. The van der Waals surface area contributed by atoms with Crippen LogP contribution in [0.5, 0.6) is 0 Å². The first-order valence-corrected chi connectivity index (χ1v) is 10.4. The Morgan fingerprint density at radius 1 is 1.21 bits per heavy atom. The number of halogens is 1. The van der Waals surface area contributed by atoms with E-state index in [0.717, 1.165) is 30.6 Å². The third-order valence-corrected chi connectivity index (χ3v) is 8.47. The number of ether oxygens (including phenoxy) is 1. The van der Waals surface area contributed by atoms with Gasteiger partial charge in [-0.3, -0.25) is 4.79 Å². The van der Waals surface area contributed by atoms with Crippen LogP contribution < -0.4 is 0 Å². The molecule has 0 N–H and O–H groups in total. The highest BCUT2D eigenvalue weighted by molar-refractivity contribution is 6.26.